The van der Waals surface area contributed by atoms with Crippen LogP contribution in [0.3, 0.4) is 0 Å². The lowest BCUT2D eigenvalue weighted by Crippen LogP contribution is -2.21. The zero-order valence-corrected chi connectivity index (χ0v) is 15.6. The van der Waals surface area contributed by atoms with Crippen LogP contribution in [0.15, 0.2) is 33.2 Å². The Balaban J connectivity index is 0.000000480. The number of nitrogens with two attached hydrogens (primary N) is 1. The van der Waals surface area contributed by atoms with Crippen LogP contribution in [0.25, 0.3) is 5.82 Å². The summed E-state index contributed by atoms with van der Waals surface area (Å²) in [5.41, 5.74) is 5.17. The summed E-state index contributed by atoms with van der Waals surface area (Å²) in [5, 5.41) is 13.1. The summed E-state index contributed by atoms with van der Waals surface area (Å²) in [6.07, 6.45) is -7.18. The maximum atomic E-state index is 12.7. The quantitative estimate of drug-likeness (QED) is 0.461. The number of aliphatic carboxylic acids is 1. The molecule has 0 aliphatic rings. The normalized spacial score (nSPS) is 10.9. The standard InChI is InChI=1S/C12H12BrF2N5O.C2HF3O2/c1-6-2-3-8(13)17-11(6)20-9(18-19-12(20)21)4-7(5-16)10(14)15;3-2(4,5)1(6)7/h2-3H,4-5,16H2,1H3,(H,19,21);(H,6,7). The summed E-state index contributed by atoms with van der Waals surface area (Å²) in [6, 6.07) is 3.47. The molecule has 2 aromatic rings. The molecule has 2 heterocycles. The Morgan fingerprint density at radius 3 is 2.39 bits per heavy atom. The van der Waals surface area contributed by atoms with Gasteiger partial charge in [-0.2, -0.15) is 27.1 Å². The molecule has 2 rings (SSSR count). The van der Waals surface area contributed by atoms with Crippen molar-refractivity contribution in [2.45, 2.75) is 19.5 Å². The zero-order chi connectivity index (χ0) is 21.6. The van der Waals surface area contributed by atoms with Crippen LogP contribution in [-0.2, 0) is 11.2 Å². The van der Waals surface area contributed by atoms with Crippen LogP contribution in [-0.4, -0.2) is 43.5 Å². The lowest BCUT2D eigenvalue weighted by molar-refractivity contribution is -0.192. The first kappa shape index (κ1) is 23.4. The van der Waals surface area contributed by atoms with Crippen LogP contribution in [0, 0.1) is 6.92 Å². The lowest BCUT2D eigenvalue weighted by Gasteiger charge is -2.09. The molecule has 4 N–H and O–H groups in total. The van der Waals surface area contributed by atoms with E-state index in [4.69, 9.17) is 15.6 Å². The van der Waals surface area contributed by atoms with Crippen molar-refractivity contribution in [2.75, 3.05) is 6.54 Å². The van der Waals surface area contributed by atoms with Crippen LogP contribution >= 0.6 is 15.9 Å². The summed E-state index contributed by atoms with van der Waals surface area (Å²) < 4.78 is 58.9. The highest BCUT2D eigenvalue weighted by atomic mass is 79.9. The molecule has 8 nitrogen and oxygen atoms in total. The predicted octanol–water partition coefficient (Wildman–Crippen LogP) is 2.31. The van der Waals surface area contributed by atoms with E-state index >= 15 is 0 Å². The third-order valence-corrected chi connectivity index (χ3v) is 3.56. The molecule has 154 valence electrons. The molecule has 0 amide bonds. The number of rotatable bonds is 4. The van der Waals surface area contributed by atoms with Gasteiger partial charge in [0.2, 0.25) is 0 Å². The average Bonchev–Trinajstić information content (AvgIpc) is 2.94. The van der Waals surface area contributed by atoms with Crippen molar-refractivity contribution >= 4 is 21.9 Å². The highest BCUT2D eigenvalue weighted by Crippen LogP contribution is 2.18. The maximum Gasteiger partial charge on any atom is 0.490 e. The van der Waals surface area contributed by atoms with Crippen LogP contribution in [0.1, 0.15) is 11.4 Å². The Hall–Kier alpha value is -2.61. The molecule has 0 aromatic carbocycles. The number of carboxylic acid groups (broad SMARTS) is 1. The minimum atomic E-state index is -5.08. The molecule has 0 aliphatic carbocycles. The van der Waals surface area contributed by atoms with E-state index in [1.165, 1.54) is 4.57 Å². The number of carbonyl (C=O) groups is 1. The van der Waals surface area contributed by atoms with E-state index in [-0.39, 0.29) is 24.4 Å². The number of hydrogen-bond acceptors (Lipinski definition) is 5. The topological polar surface area (TPSA) is 127 Å². The van der Waals surface area contributed by atoms with Gasteiger partial charge in [-0.25, -0.2) is 24.2 Å². The van der Waals surface area contributed by atoms with Crippen molar-refractivity contribution in [1.82, 2.24) is 19.7 Å². The van der Waals surface area contributed by atoms with Crippen molar-refractivity contribution in [2.24, 2.45) is 5.73 Å². The van der Waals surface area contributed by atoms with E-state index in [0.29, 0.717) is 16.0 Å². The molecule has 0 atom stereocenters. The highest BCUT2D eigenvalue weighted by Gasteiger charge is 2.38. The summed E-state index contributed by atoms with van der Waals surface area (Å²) in [6.45, 7) is 1.45. The molecular formula is C14H13BrF5N5O3. The number of aryl methyl sites for hydroxylation is 1. The van der Waals surface area contributed by atoms with Gasteiger partial charge in [0.15, 0.2) is 0 Å². The zero-order valence-electron chi connectivity index (χ0n) is 14.0. The Kier molecular flexibility index (Phi) is 7.99. The number of halogens is 6. The molecule has 2 aromatic heterocycles. The third kappa shape index (κ3) is 6.23. The number of nitrogens with zero attached hydrogens (tertiary/aromatic N) is 3. The number of H-pyrrole nitrogens is 1. The third-order valence-electron chi connectivity index (χ3n) is 3.12. The maximum absolute atomic E-state index is 12.7. The largest absolute Gasteiger partial charge is 0.490 e. The van der Waals surface area contributed by atoms with Gasteiger partial charge in [-0.1, -0.05) is 6.07 Å². The molecule has 0 saturated carbocycles. The average molecular weight is 474 g/mol. The summed E-state index contributed by atoms with van der Waals surface area (Å²) in [4.78, 5) is 25.0. The molecule has 0 spiro atoms. The predicted molar refractivity (Wildman–Crippen MR) is 90.1 cm³/mol. The van der Waals surface area contributed by atoms with E-state index in [0.717, 1.165) is 0 Å². The second-order valence-electron chi connectivity index (χ2n) is 5.10. The van der Waals surface area contributed by atoms with Gasteiger partial charge in [0.05, 0.1) is 0 Å². The molecule has 0 radical (unpaired) electrons. The van der Waals surface area contributed by atoms with Crippen LogP contribution in [0.4, 0.5) is 22.0 Å². The summed E-state index contributed by atoms with van der Waals surface area (Å²) in [7, 11) is 0. The minimum Gasteiger partial charge on any atom is -0.475 e. The Labute approximate surface area is 162 Å². The first-order valence-corrected chi connectivity index (χ1v) is 8.00. The smallest absolute Gasteiger partial charge is 0.475 e. The number of alkyl halides is 3. The molecule has 0 unspecified atom stereocenters. The SMILES string of the molecule is Cc1ccc(Br)nc1-n1c(CC(CN)=C(F)F)n[nH]c1=O.O=C(O)C(F)(F)F. The van der Waals surface area contributed by atoms with Crippen LogP contribution in [0.5, 0.6) is 0 Å². The van der Waals surface area contributed by atoms with Gasteiger partial charge < -0.3 is 10.8 Å². The molecule has 14 heteroatoms. The molecule has 28 heavy (non-hydrogen) atoms. The summed E-state index contributed by atoms with van der Waals surface area (Å²) in [5.74, 6) is -2.30. The highest BCUT2D eigenvalue weighted by molar-refractivity contribution is 9.10. The monoisotopic (exact) mass is 473 g/mol. The molecule has 0 fully saturated rings. The second-order valence-corrected chi connectivity index (χ2v) is 5.92. The van der Waals surface area contributed by atoms with Gasteiger partial charge >= 0.3 is 17.8 Å². The molecule has 0 bridgehead atoms. The van der Waals surface area contributed by atoms with E-state index < -0.39 is 23.9 Å². The summed E-state index contributed by atoms with van der Waals surface area (Å²) >= 11 is 3.21. The van der Waals surface area contributed by atoms with Crippen molar-refractivity contribution in [3.8, 4) is 5.82 Å². The Morgan fingerprint density at radius 1 is 1.36 bits per heavy atom. The minimum absolute atomic E-state index is 0.127. The van der Waals surface area contributed by atoms with E-state index in [1.807, 2.05) is 0 Å². The molecule has 0 saturated heterocycles. The van der Waals surface area contributed by atoms with Gasteiger partial charge in [0.25, 0.3) is 6.08 Å². The molecule has 0 aliphatic heterocycles. The van der Waals surface area contributed by atoms with Crippen LogP contribution in [0.2, 0.25) is 0 Å². The first-order chi connectivity index (χ1) is 12.9. The Morgan fingerprint density at radius 2 is 1.93 bits per heavy atom. The fraction of sp³-hybridized carbons (Fsp3) is 0.286. The van der Waals surface area contributed by atoms with Gasteiger partial charge in [0.1, 0.15) is 16.2 Å². The van der Waals surface area contributed by atoms with E-state index in [2.05, 4.69) is 31.1 Å². The number of carboxylic acids is 1. The lowest BCUT2D eigenvalue weighted by atomic mass is 10.2. The number of aromatic amines is 1. The van der Waals surface area contributed by atoms with Crippen molar-refractivity contribution < 1.29 is 31.9 Å². The second kappa shape index (κ2) is 9.54. The molecular weight excluding hydrogens is 461 g/mol. The van der Waals surface area contributed by atoms with Gasteiger partial charge in [0, 0.05) is 18.5 Å². The van der Waals surface area contributed by atoms with E-state index in [9.17, 15) is 26.7 Å². The van der Waals surface area contributed by atoms with Gasteiger partial charge in [-0.15, -0.1) is 0 Å². The fourth-order valence-corrected chi connectivity index (χ4v) is 2.09. The number of pyridine rings is 1. The fourth-order valence-electron chi connectivity index (χ4n) is 1.79. The van der Waals surface area contributed by atoms with Gasteiger partial charge in [-0.3, -0.25) is 0 Å². The van der Waals surface area contributed by atoms with Crippen molar-refractivity contribution in [3.05, 3.63) is 50.3 Å². The number of aromatic nitrogens is 4. The number of nitrogens with one attached hydrogen (secondary N) is 1. The van der Waals surface area contributed by atoms with E-state index in [1.54, 1.807) is 19.1 Å². The van der Waals surface area contributed by atoms with Crippen molar-refractivity contribution in [1.29, 1.82) is 0 Å². The van der Waals surface area contributed by atoms with Crippen molar-refractivity contribution in [3.63, 3.8) is 0 Å². The van der Waals surface area contributed by atoms with Gasteiger partial charge in [-0.05, 0) is 34.5 Å². The number of hydrogen-bond donors (Lipinski definition) is 3. The Bertz CT molecular complexity index is 934. The first-order valence-electron chi connectivity index (χ1n) is 7.21. The van der Waals surface area contributed by atoms with Crippen LogP contribution < -0.4 is 11.4 Å².